The Balaban J connectivity index is 3.21. The summed E-state index contributed by atoms with van der Waals surface area (Å²) in [4.78, 5) is 6.87. The van der Waals surface area contributed by atoms with Crippen LogP contribution in [-0.4, -0.2) is 28.0 Å². The van der Waals surface area contributed by atoms with E-state index in [1.807, 2.05) is 0 Å². The normalized spacial score (nSPS) is 14.0. The second-order valence-electron chi connectivity index (χ2n) is 2.24. The molecular formula is C5H4Cl2N2O4S. The minimum Gasteiger partial charge on any atom is -0.370 e. The van der Waals surface area contributed by atoms with Crippen LogP contribution in [0.25, 0.3) is 0 Å². The molecule has 0 aliphatic rings. The Kier molecular flexibility index (Phi) is 3.28. The number of aliphatic hydroxyl groups is 1. The zero-order chi connectivity index (χ0) is 10.9. The lowest BCUT2D eigenvalue weighted by molar-refractivity contribution is 0.233. The standard InChI is InChI=1S/C5H4Cl2N2O4S/c6-2-1-8-3(4(7)9-2)5(10)14(11,12)13/h1,5,10H,(H,11,12,13). The van der Waals surface area contributed by atoms with Crippen molar-refractivity contribution in [2.45, 2.75) is 5.44 Å². The van der Waals surface area contributed by atoms with E-state index in [4.69, 9.17) is 32.9 Å². The maximum Gasteiger partial charge on any atom is 0.298 e. The van der Waals surface area contributed by atoms with E-state index in [9.17, 15) is 8.42 Å². The first-order valence-electron chi connectivity index (χ1n) is 3.14. The maximum atomic E-state index is 10.5. The second kappa shape index (κ2) is 3.95. The van der Waals surface area contributed by atoms with Crippen molar-refractivity contribution < 1.29 is 18.1 Å². The van der Waals surface area contributed by atoms with Crippen molar-refractivity contribution in [1.82, 2.24) is 9.97 Å². The van der Waals surface area contributed by atoms with Gasteiger partial charge >= 0.3 is 0 Å². The van der Waals surface area contributed by atoms with Crippen molar-refractivity contribution >= 4 is 33.3 Å². The largest absolute Gasteiger partial charge is 0.370 e. The van der Waals surface area contributed by atoms with Crippen molar-refractivity contribution in [2.24, 2.45) is 0 Å². The number of hydrogen-bond acceptors (Lipinski definition) is 5. The quantitative estimate of drug-likeness (QED) is 0.757. The highest BCUT2D eigenvalue weighted by Crippen LogP contribution is 2.23. The van der Waals surface area contributed by atoms with Gasteiger partial charge < -0.3 is 5.11 Å². The van der Waals surface area contributed by atoms with Crippen molar-refractivity contribution in [3.8, 4) is 0 Å². The minimum atomic E-state index is -4.67. The Labute approximate surface area is 89.3 Å². The van der Waals surface area contributed by atoms with Crippen LogP contribution in [0.15, 0.2) is 6.20 Å². The predicted molar refractivity (Wildman–Crippen MR) is 48.6 cm³/mol. The van der Waals surface area contributed by atoms with Gasteiger partial charge in [-0.05, 0) is 0 Å². The fraction of sp³-hybridized carbons (Fsp3) is 0.200. The van der Waals surface area contributed by atoms with E-state index in [0.717, 1.165) is 6.20 Å². The topological polar surface area (TPSA) is 100 Å². The molecule has 2 N–H and O–H groups in total. The van der Waals surface area contributed by atoms with Crippen LogP contribution in [0.5, 0.6) is 0 Å². The maximum absolute atomic E-state index is 10.5. The monoisotopic (exact) mass is 258 g/mol. The van der Waals surface area contributed by atoms with Crippen molar-refractivity contribution in [1.29, 1.82) is 0 Å². The van der Waals surface area contributed by atoms with Crippen LogP contribution in [-0.2, 0) is 10.1 Å². The van der Waals surface area contributed by atoms with Crippen LogP contribution in [0, 0.1) is 0 Å². The molecule has 0 radical (unpaired) electrons. The van der Waals surface area contributed by atoms with E-state index < -0.39 is 21.2 Å². The third kappa shape index (κ3) is 2.52. The Bertz CT molecular complexity index is 449. The van der Waals surface area contributed by atoms with Crippen molar-refractivity contribution in [2.75, 3.05) is 0 Å². The molecule has 0 bridgehead atoms. The molecule has 78 valence electrons. The zero-order valence-corrected chi connectivity index (χ0v) is 8.75. The van der Waals surface area contributed by atoms with Gasteiger partial charge in [-0.1, -0.05) is 23.2 Å². The molecule has 6 nitrogen and oxygen atoms in total. The van der Waals surface area contributed by atoms with Crippen molar-refractivity contribution in [3.05, 3.63) is 22.2 Å². The van der Waals surface area contributed by atoms with Gasteiger partial charge in [-0.3, -0.25) is 9.54 Å². The summed E-state index contributed by atoms with van der Waals surface area (Å²) < 4.78 is 29.5. The van der Waals surface area contributed by atoms with Gasteiger partial charge in [-0.25, -0.2) is 4.98 Å². The SMILES string of the molecule is O=S(=O)(O)C(O)c1ncc(Cl)nc1Cl. The Hall–Kier alpha value is -0.470. The van der Waals surface area contributed by atoms with Gasteiger partial charge in [0.05, 0.1) is 6.20 Å². The van der Waals surface area contributed by atoms with Crippen LogP contribution in [0.2, 0.25) is 10.3 Å². The summed E-state index contributed by atoms with van der Waals surface area (Å²) >= 11 is 10.8. The van der Waals surface area contributed by atoms with E-state index in [2.05, 4.69) is 9.97 Å². The molecule has 1 aromatic rings. The molecule has 0 aromatic carbocycles. The van der Waals surface area contributed by atoms with Crippen molar-refractivity contribution in [3.63, 3.8) is 0 Å². The molecule has 0 amide bonds. The fourth-order valence-electron chi connectivity index (χ4n) is 0.663. The van der Waals surface area contributed by atoms with E-state index in [1.54, 1.807) is 0 Å². The van der Waals surface area contributed by atoms with Gasteiger partial charge in [0.15, 0.2) is 5.15 Å². The summed E-state index contributed by atoms with van der Waals surface area (Å²) in [6.07, 6.45) is 0.997. The molecule has 1 rings (SSSR count). The lowest BCUT2D eigenvalue weighted by Crippen LogP contribution is -2.13. The number of nitrogens with zero attached hydrogens (tertiary/aromatic N) is 2. The predicted octanol–water partition coefficient (Wildman–Crippen LogP) is 0.662. The summed E-state index contributed by atoms with van der Waals surface area (Å²) in [5.41, 5.74) is -2.70. The van der Waals surface area contributed by atoms with Crippen LogP contribution >= 0.6 is 23.2 Å². The van der Waals surface area contributed by atoms with Gasteiger partial charge in [0.2, 0.25) is 5.44 Å². The first kappa shape index (κ1) is 11.6. The summed E-state index contributed by atoms with van der Waals surface area (Å²) in [5, 5.41) is 8.62. The highest BCUT2D eigenvalue weighted by Gasteiger charge is 2.26. The average molecular weight is 259 g/mol. The summed E-state index contributed by atoms with van der Waals surface area (Å²) in [6.45, 7) is 0. The lowest BCUT2D eigenvalue weighted by Gasteiger charge is -2.07. The highest BCUT2D eigenvalue weighted by atomic mass is 35.5. The van der Waals surface area contributed by atoms with E-state index in [-0.39, 0.29) is 10.3 Å². The molecule has 0 saturated heterocycles. The molecular weight excluding hydrogens is 255 g/mol. The Morgan fingerprint density at radius 1 is 1.43 bits per heavy atom. The van der Waals surface area contributed by atoms with Gasteiger partial charge in [0, 0.05) is 0 Å². The molecule has 14 heavy (non-hydrogen) atoms. The van der Waals surface area contributed by atoms with Gasteiger partial charge in [-0.15, -0.1) is 0 Å². The van der Waals surface area contributed by atoms with Crippen LogP contribution < -0.4 is 0 Å². The average Bonchev–Trinajstić information content (AvgIpc) is 2.01. The zero-order valence-electron chi connectivity index (χ0n) is 6.42. The second-order valence-corrected chi connectivity index (χ2v) is 4.46. The van der Waals surface area contributed by atoms with Gasteiger partial charge in [0.1, 0.15) is 10.8 Å². The molecule has 9 heteroatoms. The van der Waals surface area contributed by atoms with Gasteiger partial charge in [0.25, 0.3) is 10.1 Å². The van der Waals surface area contributed by atoms with E-state index in [1.165, 1.54) is 0 Å². The summed E-state index contributed by atoms with van der Waals surface area (Å²) in [7, 11) is -4.67. The lowest BCUT2D eigenvalue weighted by atomic mass is 10.5. The number of rotatable bonds is 2. The van der Waals surface area contributed by atoms with Crippen LogP contribution in [0.1, 0.15) is 11.1 Å². The molecule has 0 spiro atoms. The Morgan fingerprint density at radius 3 is 2.43 bits per heavy atom. The van der Waals surface area contributed by atoms with Gasteiger partial charge in [-0.2, -0.15) is 8.42 Å². The highest BCUT2D eigenvalue weighted by molar-refractivity contribution is 7.85. The Morgan fingerprint density at radius 2 is 2.00 bits per heavy atom. The molecule has 0 fully saturated rings. The number of halogens is 2. The molecule has 0 aliphatic heterocycles. The number of aromatic nitrogens is 2. The number of hydrogen-bond donors (Lipinski definition) is 2. The number of aliphatic hydroxyl groups excluding tert-OH is 1. The third-order valence-electron chi connectivity index (χ3n) is 1.24. The summed E-state index contributed by atoms with van der Waals surface area (Å²) in [5.74, 6) is 0. The molecule has 1 aromatic heterocycles. The first-order chi connectivity index (χ1) is 6.32. The fourth-order valence-corrected chi connectivity index (χ4v) is 1.60. The molecule has 0 aliphatic carbocycles. The smallest absolute Gasteiger partial charge is 0.298 e. The third-order valence-corrected chi connectivity index (χ3v) is 2.49. The van der Waals surface area contributed by atoms with Crippen LogP contribution in [0.4, 0.5) is 0 Å². The van der Waals surface area contributed by atoms with E-state index >= 15 is 0 Å². The molecule has 1 atom stereocenters. The molecule has 1 heterocycles. The molecule has 0 saturated carbocycles. The summed E-state index contributed by atoms with van der Waals surface area (Å²) in [6, 6.07) is 0. The molecule has 1 unspecified atom stereocenters. The van der Waals surface area contributed by atoms with Crippen LogP contribution in [0.3, 0.4) is 0 Å². The van der Waals surface area contributed by atoms with E-state index in [0.29, 0.717) is 0 Å². The first-order valence-corrected chi connectivity index (χ1v) is 5.40. The minimum absolute atomic E-state index is 0.0544.